The summed E-state index contributed by atoms with van der Waals surface area (Å²) in [7, 11) is 1.45. The molecule has 0 saturated carbocycles. The van der Waals surface area contributed by atoms with Gasteiger partial charge in [-0.3, -0.25) is 28.6 Å². The zero-order valence-electron chi connectivity index (χ0n) is 20.9. The van der Waals surface area contributed by atoms with Crippen molar-refractivity contribution in [1.82, 2.24) is 19.8 Å². The van der Waals surface area contributed by atoms with E-state index in [4.69, 9.17) is 21.1 Å². The van der Waals surface area contributed by atoms with Gasteiger partial charge in [-0.25, -0.2) is 13.8 Å². The van der Waals surface area contributed by atoms with Crippen LogP contribution in [0.15, 0.2) is 47.5 Å². The fraction of sp³-hybridized carbons (Fsp3) is 0.269. The Balaban J connectivity index is 1.52. The number of amides is 3. The molecule has 1 aromatic heterocycles. The van der Waals surface area contributed by atoms with Crippen LogP contribution in [0.2, 0.25) is 5.02 Å². The Kier molecular flexibility index (Phi) is 8.36. The van der Waals surface area contributed by atoms with Crippen molar-refractivity contribution in [3.8, 4) is 11.6 Å². The molecule has 204 valence electrons. The summed E-state index contributed by atoms with van der Waals surface area (Å²) in [6, 6.07) is 6.47. The number of carbonyl (C=O) groups is 3. The topological polar surface area (TPSA) is 120 Å². The van der Waals surface area contributed by atoms with Gasteiger partial charge in [0.15, 0.2) is 5.02 Å². The molecule has 1 saturated heterocycles. The van der Waals surface area contributed by atoms with Crippen molar-refractivity contribution in [3.05, 3.63) is 86.4 Å². The number of aromatic nitrogens is 2. The summed E-state index contributed by atoms with van der Waals surface area (Å²) in [5.41, 5.74) is 0.339. The molecule has 1 aliphatic heterocycles. The van der Waals surface area contributed by atoms with Crippen molar-refractivity contribution < 1.29 is 32.6 Å². The molecule has 0 unspecified atom stereocenters. The van der Waals surface area contributed by atoms with E-state index >= 15 is 0 Å². The van der Waals surface area contributed by atoms with E-state index in [1.807, 2.05) is 0 Å². The Morgan fingerprint density at radius 2 is 1.95 bits per heavy atom. The molecule has 0 bridgehead atoms. The lowest BCUT2D eigenvalue weighted by Gasteiger charge is -2.16. The third kappa shape index (κ3) is 5.96. The smallest absolute Gasteiger partial charge is 0.280 e. The number of ether oxygens (including phenoxy) is 2. The normalized spacial score (nSPS) is 15.1. The van der Waals surface area contributed by atoms with Gasteiger partial charge in [0.2, 0.25) is 11.8 Å². The van der Waals surface area contributed by atoms with Gasteiger partial charge >= 0.3 is 0 Å². The molecule has 1 N–H and O–H groups in total. The van der Waals surface area contributed by atoms with Gasteiger partial charge in [-0.05, 0) is 36.8 Å². The van der Waals surface area contributed by atoms with E-state index in [1.165, 1.54) is 25.3 Å². The van der Waals surface area contributed by atoms with Crippen molar-refractivity contribution in [2.45, 2.75) is 26.0 Å². The van der Waals surface area contributed by atoms with Crippen molar-refractivity contribution in [1.29, 1.82) is 0 Å². The second-order valence-electron chi connectivity index (χ2n) is 8.67. The van der Waals surface area contributed by atoms with Crippen LogP contribution in [0, 0.1) is 18.6 Å². The molecule has 0 aliphatic carbocycles. The standard InChI is InChI=1S/C26H23ClF2N4O6/c1-14-3-4-15(23(35)31-19-11-21(34)32(25(19)36)7-8-38-2)9-20(14)33-13-30-24(22(27)26(33)37)39-12-16-5-6-17(28)10-18(16)29/h3-6,9-10,13,19H,7-8,11-12H2,1-2H3,(H,31,35)/t19-/m1/s1. The van der Waals surface area contributed by atoms with Gasteiger partial charge in [0.25, 0.3) is 17.4 Å². The Morgan fingerprint density at radius 1 is 1.18 bits per heavy atom. The molecule has 2 heterocycles. The summed E-state index contributed by atoms with van der Waals surface area (Å²) in [5.74, 6) is -3.38. The summed E-state index contributed by atoms with van der Waals surface area (Å²) < 4.78 is 38.4. The molecule has 1 atom stereocenters. The number of rotatable bonds is 9. The average Bonchev–Trinajstić information content (AvgIpc) is 3.16. The second-order valence-corrected chi connectivity index (χ2v) is 9.05. The van der Waals surface area contributed by atoms with Crippen molar-refractivity contribution >= 4 is 29.3 Å². The first-order valence-corrected chi connectivity index (χ1v) is 12.1. The van der Waals surface area contributed by atoms with Crippen LogP contribution in [-0.2, 0) is 20.9 Å². The minimum absolute atomic E-state index is 0.0391. The predicted octanol–water partition coefficient (Wildman–Crippen LogP) is 2.56. The van der Waals surface area contributed by atoms with E-state index < -0.39 is 41.0 Å². The van der Waals surface area contributed by atoms with Crippen molar-refractivity contribution in [2.75, 3.05) is 20.3 Å². The van der Waals surface area contributed by atoms with Gasteiger partial charge in [-0.2, -0.15) is 0 Å². The Morgan fingerprint density at radius 3 is 2.67 bits per heavy atom. The molecule has 4 rings (SSSR count). The third-order valence-electron chi connectivity index (χ3n) is 6.06. The lowest BCUT2D eigenvalue weighted by atomic mass is 10.1. The molecule has 10 nitrogen and oxygen atoms in total. The Hall–Kier alpha value is -4.16. The fourth-order valence-corrected chi connectivity index (χ4v) is 4.13. The van der Waals surface area contributed by atoms with E-state index in [0.717, 1.165) is 21.9 Å². The molecule has 39 heavy (non-hydrogen) atoms. The number of aryl methyl sites for hydroxylation is 1. The fourth-order valence-electron chi connectivity index (χ4n) is 3.94. The maximum Gasteiger partial charge on any atom is 0.280 e. The molecule has 1 fully saturated rings. The lowest BCUT2D eigenvalue weighted by molar-refractivity contribution is -0.139. The maximum absolute atomic E-state index is 13.9. The summed E-state index contributed by atoms with van der Waals surface area (Å²) in [5, 5.41) is 2.17. The highest BCUT2D eigenvalue weighted by atomic mass is 35.5. The van der Waals surface area contributed by atoms with E-state index in [-0.39, 0.29) is 53.9 Å². The zero-order valence-corrected chi connectivity index (χ0v) is 21.6. The Bertz CT molecular complexity index is 1510. The molecule has 3 amide bonds. The molecule has 3 aromatic rings. The maximum atomic E-state index is 13.9. The first-order chi connectivity index (χ1) is 18.6. The molecule has 0 radical (unpaired) electrons. The van der Waals surface area contributed by atoms with Crippen LogP contribution in [0.25, 0.3) is 5.69 Å². The highest BCUT2D eigenvalue weighted by Gasteiger charge is 2.39. The zero-order chi connectivity index (χ0) is 28.3. The average molecular weight is 561 g/mol. The molecular weight excluding hydrogens is 538 g/mol. The molecule has 13 heteroatoms. The summed E-state index contributed by atoms with van der Waals surface area (Å²) in [6.07, 6.45) is 0.969. The largest absolute Gasteiger partial charge is 0.471 e. The van der Waals surface area contributed by atoms with Crippen LogP contribution >= 0.6 is 11.6 Å². The van der Waals surface area contributed by atoms with Crippen LogP contribution in [0.3, 0.4) is 0 Å². The minimum Gasteiger partial charge on any atom is -0.471 e. The number of halogens is 3. The first kappa shape index (κ1) is 27.9. The number of methoxy groups -OCH3 is 1. The number of carbonyl (C=O) groups excluding carboxylic acids is 3. The van der Waals surface area contributed by atoms with Crippen molar-refractivity contribution in [2.24, 2.45) is 0 Å². The number of hydrogen-bond acceptors (Lipinski definition) is 7. The summed E-state index contributed by atoms with van der Waals surface area (Å²) in [4.78, 5) is 55.7. The number of benzene rings is 2. The van der Waals surface area contributed by atoms with E-state index in [0.29, 0.717) is 11.6 Å². The number of nitrogens with zero attached hydrogens (tertiary/aromatic N) is 3. The van der Waals surface area contributed by atoms with Crippen LogP contribution in [0.4, 0.5) is 8.78 Å². The third-order valence-corrected chi connectivity index (χ3v) is 6.39. The molecular formula is C26H23ClF2N4O6. The quantitative estimate of drug-likeness (QED) is 0.399. The lowest BCUT2D eigenvalue weighted by Crippen LogP contribution is -2.42. The SMILES string of the molecule is COCCN1C(=O)C[C@@H](NC(=O)c2ccc(C)c(-n3cnc(OCc4ccc(F)cc4F)c(Cl)c3=O)c2)C1=O. The minimum atomic E-state index is -1.02. The van der Waals surface area contributed by atoms with Crippen LogP contribution in [0.5, 0.6) is 5.88 Å². The number of likely N-dealkylation sites (tertiary alicyclic amines) is 1. The van der Waals surface area contributed by atoms with Crippen molar-refractivity contribution in [3.63, 3.8) is 0 Å². The van der Waals surface area contributed by atoms with Gasteiger partial charge in [0.1, 0.15) is 30.6 Å². The summed E-state index contributed by atoms with van der Waals surface area (Å²) in [6.45, 7) is 1.62. The van der Waals surface area contributed by atoms with Gasteiger partial charge in [-0.1, -0.05) is 17.7 Å². The van der Waals surface area contributed by atoms with Crippen LogP contribution in [-0.4, -0.2) is 58.5 Å². The van der Waals surface area contributed by atoms with E-state index in [1.54, 1.807) is 13.0 Å². The summed E-state index contributed by atoms with van der Waals surface area (Å²) >= 11 is 6.19. The van der Waals surface area contributed by atoms with Gasteiger partial charge < -0.3 is 14.8 Å². The number of hydrogen-bond donors (Lipinski definition) is 1. The van der Waals surface area contributed by atoms with Crippen LogP contribution < -0.4 is 15.6 Å². The highest BCUT2D eigenvalue weighted by molar-refractivity contribution is 6.31. The van der Waals surface area contributed by atoms with Gasteiger partial charge in [0, 0.05) is 24.3 Å². The van der Waals surface area contributed by atoms with Gasteiger partial charge in [-0.15, -0.1) is 0 Å². The second kappa shape index (κ2) is 11.7. The predicted molar refractivity (Wildman–Crippen MR) is 135 cm³/mol. The molecule has 0 spiro atoms. The first-order valence-electron chi connectivity index (χ1n) is 11.7. The molecule has 1 aliphatic rings. The highest BCUT2D eigenvalue weighted by Crippen LogP contribution is 2.22. The Labute approximate surface area is 226 Å². The van der Waals surface area contributed by atoms with E-state index in [9.17, 15) is 28.0 Å². The monoisotopic (exact) mass is 560 g/mol. The number of imide groups is 1. The number of nitrogens with one attached hydrogen (secondary N) is 1. The molecule has 2 aromatic carbocycles. The van der Waals surface area contributed by atoms with Gasteiger partial charge in [0.05, 0.1) is 25.3 Å². The van der Waals surface area contributed by atoms with E-state index in [2.05, 4.69) is 10.3 Å². The van der Waals surface area contributed by atoms with Crippen LogP contribution in [0.1, 0.15) is 27.9 Å².